The van der Waals surface area contributed by atoms with Gasteiger partial charge in [-0.05, 0) is 44.7 Å². The number of allylic oxidation sites excluding steroid dienone is 1. The summed E-state index contributed by atoms with van der Waals surface area (Å²) < 4.78 is 0. The Hall–Kier alpha value is -1.08. The lowest BCUT2D eigenvalue weighted by molar-refractivity contribution is 0.593. The molecule has 1 rings (SSSR count). The predicted molar refractivity (Wildman–Crippen MR) is 80.9 cm³/mol. The lowest BCUT2D eigenvalue weighted by atomic mass is 10.0. The molecule has 0 aromatic heterocycles. The van der Waals surface area contributed by atoms with E-state index >= 15 is 0 Å². The van der Waals surface area contributed by atoms with Gasteiger partial charge in [-0.3, -0.25) is 0 Å². The molecule has 0 unspecified atom stereocenters. The number of rotatable bonds is 8. The van der Waals surface area contributed by atoms with Crippen LogP contribution in [0.4, 0.5) is 0 Å². The molecule has 0 amide bonds. The predicted octanol–water partition coefficient (Wildman–Crippen LogP) is 4.34. The minimum atomic E-state index is 0.594. The molecule has 0 aliphatic rings. The molecule has 0 atom stereocenters. The Morgan fingerprint density at radius 1 is 1.22 bits per heavy atom. The van der Waals surface area contributed by atoms with Crippen molar-refractivity contribution >= 4 is 0 Å². The Balaban J connectivity index is 2.13. The standard InChI is InChI=1S/C17H27N/c1-15(2)18-14-8-10-16(3)9-7-13-17-11-5-4-6-12-17/h4-6,10-12,15,18H,7-9,13-14H2,1-3H3. The summed E-state index contributed by atoms with van der Waals surface area (Å²) in [6.07, 6.45) is 7.19. The van der Waals surface area contributed by atoms with Crippen LogP contribution in [0.25, 0.3) is 0 Å². The van der Waals surface area contributed by atoms with Crippen LogP contribution in [0.2, 0.25) is 0 Å². The molecule has 1 nitrogen and oxygen atoms in total. The molecule has 0 aliphatic heterocycles. The van der Waals surface area contributed by atoms with E-state index in [0.29, 0.717) is 6.04 Å². The summed E-state index contributed by atoms with van der Waals surface area (Å²) >= 11 is 0. The van der Waals surface area contributed by atoms with Crippen LogP contribution < -0.4 is 5.32 Å². The number of nitrogens with one attached hydrogen (secondary N) is 1. The number of hydrogen-bond acceptors (Lipinski definition) is 1. The van der Waals surface area contributed by atoms with Crippen molar-refractivity contribution in [2.75, 3.05) is 6.54 Å². The SMILES string of the molecule is CC(=CCCNC(C)C)CCCc1ccccc1. The Bertz CT molecular complexity index is 338. The van der Waals surface area contributed by atoms with Crippen molar-refractivity contribution in [2.24, 2.45) is 0 Å². The highest BCUT2D eigenvalue weighted by Gasteiger charge is 1.94. The van der Waals surface area contributed by atoms with Gasteiger partial charge in [-0.25, -0.2) is 0 Å². The molecule has 0 saturated heterocycles. The van der Waals surface area contributed by atoms with Gasteiger partial charge in [0, 0.05) is 6.04 Å². The van der Waals surface area contributed by atoms with E-state index in [-0.39, 0.29) is 0 Å². The van der Waals surface area contributed by atoms with Crippen LogP contribution in [0.1, 0.15) is 45.6 Å². The Morgan fingerprint density at radius 2 is 1.94 bits per heavy atom. The highest BCUT2D eigenvalue weighted by molar-refractivity contribution is 5.14. The monoisotopic (exact) mass is 245 g/mol. The molecular formula is C17H27N. The maximum absolute atomic E-state index is 3.44. The van der Waals surface area contributed by atoms with Crippen LogP contribution >= 0.6 is 0 Å². The summed E-state index contributed by atoms with van der Waals surface area (Å²) in [5, 5.41) is 3.44. The first-order valence-electron chi connectivity index (χ1n) is 7.11. The molecule has 18 heavy (non-hydrogen) atoms. The number of benzene rings is 1. The second-order valence-electron chi connectivity index (χ2n) is 5.29. The van der Waals surface area contributed by atoms with Crippen molar-refractivity contribution in [2.45, 2.75) is 52.5 Å². The fraction of sp³-hybridized carbons (Fsp3) is 0.529. The van der Waals surface area contributed by atoms with Gasteiger partial charge in [-0.1, -0.05) is 55.8 Å². The third-order valence-electron chi connectivity index (χ3n) is 3.07. The molecule has 0 radical (unpaired) electrons. The van der Waals surface area contributed by atoms with Gasteiger partial charge in [-0.15, -0.1) is 0 Å². The van der Waals surface area contributed by atoms with Crippen LogP contribution in [0.15, 0.2) is 42.0 Å². The Morgan fingerprint density at radius 3 is 2.61 bits per heavy atom. The molecule has 0 saturated carbocycles. The van der Waals surface area contributed by atoms with Gasteiger partial charge in [-0.2, -0.15) is 0 Å². The van der Waals surface area contributed by atoms with Crippen molar-refractivity contribution in [3.63, 3.8) is 0 Å². The van der Waals surface area contributed by atoms with Crippen molar-refractivity contribution in [3.8, 4) is 0 Å². The van der Waals surface area contributed by atoms with E-state index in [2.05, 4.69) is 62.5 Å². The minimum Gasteiger partial charge on any atom is -0.314 e. The summed E-state index contributed by atoms with van der Waals surface area (Å²) in [7, 11) is 0. The van der Waals surface area contributed by atoms with E-state index in [1.807, 2.05) is 0 Å². The van der Waals surface area contributed by atoms with Gasteiger partial charge >= 0.3 is 0 Å². The third kappa shape index (κ3) is 7.29. The van der Waals surface area contributed by atoms with Gasteiger partial charge < -0.3 is 5.32 Å². The molecule has 0 spiro atoms. The third-order valence-corrected chi connectivity index (χ3v) is 3.07. The summed E-state index contributed by atoms with van der Waals surface area (Å²) in [6.45, 7) is 7.72. The zero-order valence-electron chi connectivity index (χ0n) is 12.1. The summed E-state index contributed by atoms with van der Waals surface area (Å²) in [5.41, 5.74) is 2.98. The maximum Gasteiger partial charge on any atom is 0.00105 e. The quantitative estimate of drug-likeness (QED) is 0.530. The maximum atomic E-state index is 3.44. The van der Waals surface area contributed by atoms with Crippen molar-refractivity contribution in [1.82, 2.24) is 5.32 Å². The topological polar surface area (TPSA) is 12.0 Å². The first-order valence-corrected chi connectivity index (χ1v) is 7.11. The smallest absolute Gasteiger partial charge is 0.00105 e. The molecule has 0 bridgehead atoms. The molecule has 1 heteroatoms. The van der Waals surface area contributed by atoms with Gasteiger partial charge in [0.25, 0.3) is 0 Å². The largest absolute Gasteiger partial charge is 0.314 e. The molecular weight excluding hydrogens is 218 g/mol. The average molecular weight is 245 g/mol. The summed E-state index contributed by atoms with van der Waals surface area (Å²) in [4.78, 5) is 0. The van der Waals surface area contributed by atoms with Gasteiger partial charge in [0.2, 0.25) is 0 Å². The van der Waals surface area contributed by atoms with Crippen LogP contribution in [0.5, 0.6) is 0 Å². The molecule has 100 valence electrons. The molecule has 1 N–H and O–H groups in total. The van der Waals surface area contributed by atoms with Crippen molar-refractivity contribution < 1.29 is 0 Å². The molecule has 0 aliphatic carbocycles. The fourth-order valence-corrected chi connectivity index (χ4v) is 2.01. The lowest BCUT2D eigenvalue weighted by Gasteiger charge is -2.06. The summed E-state index contributed by atoms with van der Waals surface area (Å²) in [6, 6.07) is 11.3. The van der Waals surface area contributed by atoms with Crippen LogP contribution in [-0.4, -0.2) is 12.6 Å². The zero-order chi connectivity index (χ0) is 13.2. The molecule has 0 fully saturated rings. The van der Waals surface area contributed by atoms with Gasteiger partial charge in [0.05, 0.1) is 0 Å². The normalized spacial score (nSPS) is 12.1. The highest BCUT2D eigenvalue weighted by atomic mass is 14.9. The molecule has 1 aromatic rings. The van der Waals surface area contributed by atoms with Gasteiger partial charge in [0.15, 0.2) is 0 Å². The van der Waals surface area contributed by atoms with Crippen LogP contribution in [-0.2, 0) is 6.42 Å². The number of hydrogen-bond donors (Lipinski definition) is 1. The number of aryl methyl sites for hydroxylation is 1. The highest BCUT2D eigenvalue weighted by Crippen LogP contribution is 2.10. The van der Waals surface area contributed by atoms with E-state index in [0.717, 1.165) is 13.0 Å². The zero-order valence-corrected chi connectivity index (χ0v) is 12.1. The molecule has 1 aromatic carbocycles. The van der Waals surface area contributed by atoms with Crippen LogP contribution in [0.3, 0.4) is 0 Å². The Labute approximate surface area is 112 Å². The first kappa shape index (κ1) is 15.0. The second kappa shape index (κ2) is 8.93. The molecule has 0 heterocycles. The second-order valence-corrected chi connectivity index (χ2v) is 5.29. The van der Waals surface area contributed by atoms with Crippen molar-refractivity contribution in [1.29, 1.82) is 0 Å². The van der Waals surface area contributed by atoms with E-state index in [1.165, 1.54) is 30.4 Å². The van der Waals surface area contributed by atoms with E-state index in [9.17, 15) is 0 Å². The van der Waals surface area contributed by atoms with Gasteiger partial charge in [0.1, 0.15) is 0 Å². The summed E-state index contributed by atoms with van der Waals surface area (Å²) in [5.74, 6) is 0. The average Bonchev–Trinajstić information content (AvgIpc) is 2.36. The Kier molecular flexibility index (Phi) is 7.43. The van der Waals surface area contributed by atoms with Crippen LogP contribution in [0, 0.1) is 0 Å². The van der Waals surface area contributed by atoms with Crippen molar-refractivity contribution in [3.05, 3.63) is 47.5 Å². The minimum absolute atomic E-state index is 0.594. The van der Waals surface area contributed by atoms with E-state index < -0.39 is 0 Å². The fourth-order valence-electron chi connectivity index (χ4n) is 2.01. The van der Waals surface area contributed by atoms with E-state index in [1.54, 1.807) is 0 Å². The van der Waals surface area contributed by atoms with E-state index in [4.69, 9.17) is 0 Å². The lowest BCUT2D eigenvalue weighted by Crippen LogP contribution is -2.23. The first-order chi connectivity index (χ1) is 8.68.